The molecule has 0 unspecified atom stereocenters. The van der Waals surface area contributed by atoms with Gasteiger partial charge in [-0.1, -0.05) is 0 Å². The third-order valence-corrected chi connectivity index (χ3v) is 4.01. The van der Waals surface area contributed by atoms with Crippen molar-refractivity contribution in [1.29, 1.82) is 0 Å². The molecule has 98 valence electrons. The number of nitrogens with one attached hydrogen (secondary N) is 2. The molecule has 2 aliphatic rings. The number of carbonyl (C=O) groups is 1. The van der Waals surface area contributed by atoms with Crippen LogP contribution in [0.25, 0.3) is 0 Å². The van der Waals surface area contributed by atoms with E-state index in [0.29, 0.717) is 13.2 Å². The Morgan fingerprint density at radius 2 is 2.39 bits per heavy atom. The lowest BCUT2D eigenvalue weighted by atomic mass is 10.0. The van der Waals surface area contributed by atoms with Crippen molar-refractivity contribution in [2.24, 2.45) is 0 Å². The maximum absolute atomic E-state index is 12.1. The van der Waals surface area contributed by atoms with Crippen molar-refractivity contribution in [2.45, 2.75) is 51.2 Å². The van der Waals surface area contributed by atoms with Gasteiger partial charge in [0, 0.05) is 12.3 Å². The fourth-order valence-corrected chi connectivity index (χ4v) is 2.84. The smallest absolute Gasteiger partial charge is 0.252 e. The second-order valence-corrected chi connectivity index (χ2v) is 5.35. The molecule has 1 aromatic rings. The van der Waals surface area contributed by atoms with Crippen LogP contribution >= 0.6 is 0 Å². The lowest BCUT2D eigenvalue weighted by molar-refractivity contribution is -0.139. The highest BCUT2D eigenvalue weighted by Gasteiger charge is 2.37. The van der Waals surface area contributed by atoms with Crippen LogP contribution in [-0.4, -0.2) is 28.3 Å². The molecular weight excluding hydrogens is 230 g/mol. The summed E-state index contributed by atoms with van der Waals surface area (Å²) >= 11 is 0. The number of aromatic nitrogens is 2. The maximum Gasteiger partial charge on any atom is 0.252 e. The molecule has 5 heteroatoms. The summed E-state index contributed by atoms with van der Waals surface area (Å²) in [6.45, 7) is 3.05. The summed E-state index contributed by atoms with van der Waals surface area (Å²) in [6.07, 6.45) is 5.10. The zero-order valence-electron chi connectivity index (χ0n) is 10.7. The van der Waals surface area contributed by atoms with Gasteiger partial charge in [-0.15, -0.1) is 0 Å². The van der Waals surface area contributed by atoms with Crippen LogP contribution in [0.4, 0.5) is 0 Å². The minimum Gasteiger partial charge on any atom is -0.365 e. The largest absolute Gasteiger partial charge is 0.365 e. The Bertz CT molecular complexity index is 461. The van der Waals surface area contributed by atoms with Gasteiger partial charge in [0.1, 0.15) is 5.60 Å². The van der Waals surface area contributed by atoms with Crippen LogP contribution in [-0.2, 0) is 28.9 Å². The van der Waals surface area contributed by atoms with Crippen molar-refractivity contribution in [1.82, 2.24) is 15.5 Å². The van der Waals surface area contributed by atoms with Crippen LogP contribution in [0.15, 0.2) is 0 Å². The van der Waals surface area contributed by atoms with Gasteiger partial charge in [0.25, 0.3) is 5.91 Å². The Balaban J connectivity index is 1.62. The standard InChI is InChI=1S/C13H19N3O2/c1-13(6-3-7-18-13)12(17)14-8-11-9-4-2-5-10(9)15-16-11/h2-8H2,1H3,(H,14,17)(H,15,16)/t13-/m1/s1. The summed E-state index contributed by atoms with van der Waals surface area (Å²) in [6, 6.07) is 0. The summed E-state index contributed by atoms with van der Waals surface area (Å²) in [7, 11) is 0. The van der Waals surface area contributed by atoms with Gasteiger partial charge in [0.15, 0.2) is 0 Å². The fraction of sp³-hybridized carbons (Fsp3) is 0.692. The van der Waals surface area contributed by atoms with Crippen molar-refractivity contribution >= 4 is 5.91 Å². The molecule has 2 N–H and O–H groups in total. The van der Waals surface area contributed by atoms with E-state index in [4.69, 9.17) is 4.74 Å². The normalized spacial score (nSPS) is 26.3. The van der Waals surface area contributed by atoms with Crippen LogP contribution in [0.2, 0.25) is 0 Å². The average Bonchev–Trinajstić information content (AvgIpc) is 3.02. The average molecular weight is 249 g/mol. The summed E-state index contributed by atoms with van der Waals surface area (Å²) in [5.74, 6) is -0.0188. The van der Waals surface area contributed by atoms with Crippen molar-refractivity contribution in [3.05, 3.63) is 17.0 Å². The predicted molar refractivity (Wildman–Crippen MR) is 66.1 cm³/mol. The van der Waals surface area contributed by atoms with Crippen LogP contribution < -0.4 is 5.32 Å². The van der Waals surface area contributed by atoms with E-state index in [2.05, 4.69) is 15.5 Å². The van der Waals surface area contributed by atoms with E-state index in [0.717, 1.165) is 31.4 Å². The molecule has 1 aromatic heterocycles. The lowest BCUT2D eigenvalue weighted by Crippen LogP contribution is -2.43. The number of nitrogens with zero attached hydrogens (tertiary/aromatic N) is 1. The van der Waals surface area contributed by atoms with E-state index < -0.39 is 5.60 Å². The molecule has 1 aliphatic heterocycles. The molecule has 18 heavy (non-hydrogen) atoms. The van der Waals surface area contributed by atoms with Crippen molar-refractivity contribution < 1.29 is 9.53 Å². The van der Waals surface area contributed by atoms with Crippen LogP contribution in [0.3, 0.4) is 0 Å². The molecular formula is C13H19N3O2. The maximum atomic E-state index is 12.1. The highest BCUT2D eigenvalue weighted by molar-refractivity contribution is 5.84. The first-order chi connectivity index (χ1) is 8.69. The zero-order valence-corrected chi connectivity index (χ0v) is 10.7. The van der Waals surface area contributed by atoms with Crippen molar-refractivity contribution in [2.75, 3.05) is 6.61 Å². The second kappa shape index (κ2) is 4.39. The van der Waals surface area contributed by atoms with Gasteiger partial charge in [-0.25, -0.2) is 0 Å². The summed E-state index contributed by atoms with van der Waals surface area (Å²) in [5.41, 5.74) is 2.88. The van der Waals surface area contributed by atoms with Crippen LogP contribution in [0.5, 0.6) is 0 Å². The number of rotatable bonds is 3. The highest BCUT2D eigenvalue weighted by atomic mass is 16.5. The molecule has 0 radical (unpaired) electrons. The van der Waals surface area contributed by atoms with E-state index in [1.165, 1.54) is 17.7 Å². The molecule has 2 heterocycles. The number of aryl methyl sites for hydroxylation is 1. The van der Waals surface area contributed by atoms with Gasteiger partial charge in [-0.3, -0.25) is 9.89 Å². The van der Waals surface area contributed by atoms with Crippen LogP contribution in [0.1, 0.15) is 43.1 Å². The Morgan fingerprint density at radius 3 is 3.17 bits per heavy atom. The number of H-pyrrole nitrogens is 1. The van der Waals surface area contributed by atoms with Gasteiger partial charge in [0.05, 0.1) is 12.2 Å². The van der Waals surface area contributed by atoms with E-state index in [9.17, 15) is 4.79 Å². The molecule has 0 saturated carbocycles. The minimum absolute atomic E-state index is 0.0188. The number of carbonyl (C=O) groups excluding carboxylic acids is 1. The van der Waals surface area contributed by atoms with Gasteiger partial charge in [-0.2, -0.15) is 5.10 Å². The van der Waals surface area contributed by atoms with Crippen molar-refractivity contribution in [3.8, 4) is 0 Å². The third-order valence-electron chi connectivity index (χ3n) is 4.01. The Labute approximate surface area is 106 Å². The number of aromatic amines is 1. The van der Waals surface area contributed by atoms with Crippen molar-refractivity contribution in [3.63, 3.8) is 0 Å². The number of fused-ring (bicyclic) bond motifs is 1. The Hall–Kier alpha value is -1.36. The molecule has 1 amide bonds. The number of amides is 1. The van der Waals surface area contributed by atoms with Gasteiger partial charge >= 0.3 is 0 Å². The summed E-state index contributed by atoms with van der Waals surface area (Å²) < 4.78 is 5.52. The quantitative estimate of drug-likeness (QED) is 0.842. The monoisotopic (exact) mass is 249 g/mol. The topological polar surface area (TPSA) is 67.0 Å². The Morgan fingerprint density at radius 1 is 1.50 bits per heavy atom. The van der Waals surface area contributed by atoms with Gasteiger partial charge < -0.3 is 10.1 Å². The van der Waals surface area contributed by atoms with E-state index in [1.807, 2.05) is 6.92 Å². The van der Waals surface area contributed by atoms with Crippen LogP contribution in [0, 0.1) is 0 Å². The lowest BCUT2D eigenvalue weighted by Gasteiger charge is -2.21. The SMILES string of the molecule is C[C@]1(C(=O)NCc2n[nH]c3c2CCC3)CCCO1. The molecule has 1 fully saturated rings. The minimum atomic E-state index is -0.639. The predicted octanol–water partition coefficient (Wildman–Crippen LogP) is 1.08. The number of hydrogen-bond acceptors (Lipinski definition) is 3. The molecule has 0 aromatic carbocycles. The number of hydrogen-bond donors (Lipinski definition) is 2. The van der Waals surface area contributed by atoms with E-state index in [1.54, 1.807) is 0 Å². The molecule has 0 bridgehead atoms. The third kappa shape index (κ3) is 1.92. The van der Waals surface area contributed by atoms with Gasteiger partial charge in [-0.05, 0) is 44.6 Å². The second-order valence-electron chi connectivity index (χ2n) is 5.35. The van der Waals surface area contributed by atoms with E-state index in [-0.39, 0.29) is 5.91 Å². The summed E-state index contributed by atoms with van der Waals surface area (Å²) in [5, 5.41) is 10.3. The number of ether oxygens (including phenoxy) is 1. The summed E-state index contributed by atoms with van der Waals surface area (Å²) in [4.78, 5) is 12.1. The molecule has 0 spiro atoms. The first-order valence-electron chi connectivity index (χ1n) is 6.66. The molecule has 3 rings (SSSR count). The first-order valence-corrected chi connectivity index (χ1v) is 6.66. The highest BCUT2D eigenvalue weighted by Crippen LogP contribution is 2.26. The molecule has 5 nitrogen and oxygen atoms in total. The molecule has 1 saturated heterocycles. The first kappa shape index (κ1) is 11.7. The van der Waals surface area contributed by atoms with Gasteiger partial charge in [0.2, 0.25) is 0 Å². The Kier molecular flexibility index (Phi) is 2.86. The zero-order chi connectivity index (χ0) is 12.6. The van der Waals surface area contributed by atoms with E-state index >= 15 is 0 Å². The molecule has 1 aliphatic carbocycles. The fourth-order valence-electron chi connectivity index (χ4n) is 2.84. The molecule has 1 atom stereocenters.